The summed E-state index contributed by atoms with van der Waals surface area (Å²) in [7, 11) is 0. The van der Waals surface area contributed by atoms with Gasteiger partial charge in [0.05, 0.1) is 11.0 Å². The number of piperazine rings is 1. The minimum atomic E-state index is -0.723. The Bertz CT molecular complexity index is 1160. The Labute approximate surface area is 167 Å². The Morgan fingerprint density at radius 2 is 1.59 bits per heavy atom. The third kappa shape index (κ3) is 4.35. The van der Waals surface area contributed by atoms with Crippen molar-refractivity contribution in [2.24, 2.45) is 0 Å². The molecular formula is C22H22N4O3. The van der Waals surface area contributed by atoms with Crippen LogP contribution in [0.5, 0.6) is 0 Å². The number of fused-ring (bicyclic) bond motifs is 1. The lowest BCUT2D eigenvalue weighted by atomic mass is 10.1. The molecule has 0 radical (unpaired) electrons. The van der Waals surface area contributed by atoms with Crippen molar-refractivity contribution in [3.05, 3.63) is 86.4 Å². The molecule has 1 fully saturated rings. The van der Waals surface area contributed by atoms with E-state index in [4.69, 9.17) is 0 Å². The normalized spacial score (nSPS) is 15.2. The highest BCUT2D eigenvalue weighted by Crippen LogP contribution is 2.13. The zero-order valence-corrected chi connectivity index (χ0v) is 15.9. The van der Waals surface area contributed by atoms with Crippen LogP contribution in [0.2, 0.25) is 0 Å². The number of hydrogen-bond acceptors (Lipinski definition) is 4. The highest BCUT2D eigenvalue weighted by Gasteiger charge is 2.21. The van der Waals surface area contributed by atoms with Crippen molar-refractivity contribution in [2.45, 2.75) is 0 Å². The van der Waals surface area contributed by atoms with E-state index in [2.05, 4.69) is 39.2 Å². The summed E-state index contributed by atoms with van der Waals surface area (Å²) in [4.78, 5) is 44.9. The Kier molecular flexibility index (Phi) is 5.39. The van der Waals surface area contributed by atoms with Crippen LogP contribution >= 0.6 is 0 Å². The van der Waals surface area contributed by atoms with Crippen molar-refractivity contribution < 1.29 is 4.79 Å². The second-order valence-corrected chi connectivity index (χ2v) is 7.07. The number of carbonyl (C=O) groups excluding carboxylic acids is 1. The van der Waals surface area contributed by atoms with Gasteiger partial charge in [-0.15, -0.1) is 0 Å². The smallest absolute Gasteiger partial charge is 0.314 e. The Balaban J connectivity index is 1.37. The molecule has 1 saturated heterocycles. The standard InChI is InChI=1S/C22H22N4O3/c27-20-21(28)24-19-15-17(8-9-18(19)23-20)22(29)26-13-11-25(12-14-26)10-4-7-16-5-2-1-3-6-16/h1-9,15H,10-14H2,(H,23,27)(H,24,28)/b7-4+. The van der Waals surface area contributed by atoms with Crippen molar-refractivity contribution in [1.29, 1.82) is 0 Å². The first-order valence-electron chi connectivity index (χ1n) is 9.60. The van der Waals surface area contributed by atoms with Gasteiger partial charge in [-0.05, 0) is 23.8 Å². The predicted molar refractivity (Wildman–Crippen MR) is 113 cm³/mol. The van der Waals surface area contributed by atoms with Crippen molar-refractivity contribution in [2.75, 3.05) is 32.7 Å². The number of carbonyl (C=O) groups is 1. The largest absolute Gasteiger partial charge is 0.336 e. The molecule has 0 spiro atoms. The van der Waals surface area contributed by atoms with E-state index in [0.29, 0.717) is 29.7 Å². The zero-order valence-electron chi connectivity index (χ0n) is 15.9. The summed E-state index contributed by atoms with van der Waals surface area (Å²) in [6.45, 7) is 3.77. The van der Waals surface area contributed by atoms with Gasteiger partial charge < -0.3 is 14.9 Å². The number of rotatable bonds is 4. The third-order valence-electron chi connectivity index (χ3n) is 5.10. The minimum absolute atomic E-state index is 0.0709. The molecule has 4 rings (SSSR count). The van der Waals surface area contributed by atoms with Gasteiger partial charge in [0, 0.05) is 38.3 Å². The second-order valence-electron chi connectivity index (χ2n) is 7.07. The summed E-state index contributed by atoms with van der Waals surface area (Å²) in [5.41, 5.74) is 1.20. The van der Waals surface area contributed by atoms with Crippen molar-refractivity contribution in [3.63, 3.8) is 0 Å². The monoisotopic (exact) mass is 390 g/mol. The zero-order chi connectivity index (χ0) is 20.2. The number of amides is 1. The van der Waals surface area contributed by atoms with Gasteiger partial charge in [-0.2, -0.15) is 0 Å². The van der Waals surface area contributed by atoms with Gasteiger partial charge in [0.15, 0.2) is 0 Å². The summed E-state index contributed by atoms with van der Waals surface area (Å²) in [6, 6.07) is 15.1. The lowest BCUT2D eigenvalue weighted by Crippen LogP contribution is -2.48. The van der Waals surface area contributed by atoms with E-state index < -0.39 is 11.1 Å². The molecule has 0 unspecified atom stereocenters. The maximum atomic E-state index is 12.8. The van der Waals surface area contributed by atoms with Gasteiger partial charge in [0.25, 0.3) is 5.91 Å². The summed E-state index contributed by atoms with van der Waals surface area (Å²) in [5, 5.41) is 0. The fourth-order valence-electron chi connectivity index (χ4n) is 3.47. The SMILES string of the molecule is O=C(c1ccc2[nH]c(=O)c(=O)[nH]c2c1)N1CCN(C/C=C/c2ccccc2)CC1. The first-order valence-corrected chi connectivity index (χ1v) is 9.60. The fourth-order valence-corrected chi connectivity index (χ4v) is 3.47. The Hall–Kier alpha value is -3.45. The van der Waals surface area contributed by atoms with Crippen molar-refractivity contribution >= 4 is 23.0 Å². The van der Waals surface area contributed by atoms with E-state index in [1.807, 2.05) is 23.1 Å². The van der Waals surface area contributed by atoms with Gasteiger partial charge in [-0.3, -0.25) is 19.3 Å². The number of hydrogen-bond donors (Lipinski definition) is 2. The first-order chi connectivity index (χ1) is 14.1. The molecule has 2 N–H and O–H groups in total. The van der Waals surface area contributed by atoms with Crippen LogP contribution in [0.25, 0.3) is 17.1 Å². The lowest BCUT2D eigenvalue weighted by Gasteiger charge is -2.34. The van der Waals surface area contributed by atoms with Gasteiger partial charge >= 0.3 is 11.1 Å². The first kappa shape index (κ1) is 18.9. The third-order valence-corrected chi connectivity index (χ3v) is 5.10. The molecular weight excluding hydrogens is 368 g/mol. The Morgan fingerprint density at radius 3 is 2.31 bits per heavy atom. The predicted octanol–water partition coefficient (Wildman–Crippen LogP) is 1.69. The van der Waals surface area contributed by atoms with Gasteiger partial charge in [0.2, 0.25) is 0 Å². The molecule has 0 saturated carbocycles. The molecule has 29 heavy (non-hydrogen) atoms. The van der Waals surface area contributed by atoms with E-state index in [0.717, 1.165) is 19.6 Å². The van der Waals surface area contributed by atoms with E-state index in [1.54, 1.807) is 18.2 Å². The highest BCUT2D eigenvalue weighted by molar-refractivity contribution is 5.97. The van der Waals surface area contributed by atoms with Crippen LogP contribution in [0, 0.1) is 0 Å². The second kappa shape index (κ2) is 8.28. The fraction of sp³-hybridized carbons (Fsp3) is 0.227. The number of aromatic nitrogens is 2. The number of benzene rings is 2. The summed E-state index contributed by atoms with van der Waals surface area (Å²) >= 11 is 0. The topological polar surface area (TPSA) is 89.3 Å². The summed E-state index contributed by atoms with van der Waals surface area (Å²) in [6.07, 6.45) is 4.25. The molecule has 1 amide bonds. The summed E-state index contributed by atoms with van der Waals surface area (Å²) in [5.74, 6) is -0.0709. The molecule has 1 aromatic heterocycles. The molecule has 2 heterocycles. The maximum absolute atomic E-state index is 12.8. The van der Waals surface area contributed by atoms with Gasteiger partial charge in [-0.1, -0.05) is 42.5 Å². The van der Waals surface area contributed by atoms with Crippen LogP contribution in [0.1, 0.15) is 15.9 Å². The average molecular weight is 390 g/mol. The van der Waals surface area contributed by atoms with Gasteiger partial charge in [0.1, 0.15) is 0 Å². The summed E-state index contributed by atoms with van der Waals surface area (Å²) < 4.78 is 0. The molecule has 0 bridgehead atoms. The van der Waals surface area contributed by atoms with Gasteiger partial charge in [-0.25, -0.2) is 0 Å². The van der Waals surface area contributed by atoms with Crippen molar-refractivity contribution in [1.82, 2.24) is 19.8 Å². The molecule has 2 aromatic carbocycles. The highest BCUT2D eigenvalue weighted by atomic mass is 16.2. The molecule has 148 valence electrons. The minimum Gasteiger partial charge on any atom is -0.336 e. The molecule has 1 aliphatic heterocycles. The van der Waals surface area contributed by atoms with Crippen LogP contribution < -0.4 is 11.1 Å². The number of nitrogens with one attached hydrogen (secondary N) is 2. The molecule has 0 atom stereocenters. The Morgan fingerprint density at radius 1 is 0.897 bits per heavy atom. The average Bonchev–Trinajstić information content (AvgIpc) is 2.75. The van der Waals surface area contributed by atoms with E-state index in [1.165, 1.54) is 5.56 Å². The van der Waals surface area contributed by atoms with Crippen LogP contribution in [-0.4, -0.2) is 58.4 Å². The molecule has 7 heteroatoms. The van der Waals surface area contributed by atoms with Crippen LogP contribution in [0.3, 0.4) is 0 Å². The van der Waals surface area contributed by atoms with Crippen LogP contribution in [-0.2, 0) is 0 Å². The molecule has 3 aromatic rings. The lowest BCUT2D eigenvalue weighted by molar-refractivity contribution is 0.0650. The molecule has 0 aliphatic carbocycles. The van der Waals surface area contributed by atoms with E-state index >= 15 is 0 Å². The number of nitrogens with zero attached hydrogens (tertiary/aromatic N) is 2. The maximum Gasteiger partial charge on any atom is 0.314 e. The van der Waals surface area contributed by atoms with Crippen LogP contribution in [0.15, 0.2) is 64.2 Å². The van der Waals surface area contributed by atoms with E-state index in [9.17, 15) is 14.4 Å². The van der Waals surface area contributed by atoms with E-state index in [-0.39, 0.29) is 5.91 Å². The molecule has 7 nitrogen and oxygen atoms in total. The van der Waals surface area contributed by atoms with Crippen LogP contribution in [0.4, 0.5) is 0 Å². The number of aromatic amines is 2. The molecule has 1 aliphatic rings. The quantitative estimate of drug-likeness (QED) is 0.664. The van der Waals surface area contributed by atoms with Crippen molar-refractivity contribution in [3.8, 4) is 0 Å². The number of H-pyrrole nitrogens is 2.